The minimum atomic E-state index is -0.967. The molecule has 4 N–H and O–H groups in total. The van der Waals surface area contributed by atoms with E-state index in [-0.39, 0.29) is 30.6 Å². The minimum absolute atomic E-state index is 0.0758. The molecule has 0 aliphatic carbocycles. The van der Waals surface area contributed by atoms with Crippen molar-refractivity contribution < 1.29 is 24.3 Å². The summed E-state index contributed by atoms with van der Waals surface area (Å²) in [7, 11) is 0. The summed E-state index contributed by atoms with van der Waals surface area (Å²) in [6.45, 7) is 1.88. The monoisotopic (exact) mass is 374 g/mol. The molecule has 0 bridgehead atoms. The third kappa shape index (κ3) is 3.83. The lowest BCUT2D eigenvalue weighted by molar-refractivity contribution is -0.136. The Bertz CT molecular complexity index is 779. The molecule has 1 aromatic rings. The van der Waals surface area contributed by atoms with Gasteiger partial charge in [-0.15, -0.1) is 0 Å². The van der Waals surface area contributed by atoms with Crippen LogP contribution in [0.5, 0.6) is 0 Å². The molecule has 27 heavy (non-hydrogen) atoms. The van der Waals surface area contributed by atoms with Crippen molar-refractivity contribution >= 4 is 29.3 Å². The number of fused-ring (bicyclic) bond motifs is 1. The van der Waals surface area contributed by atoms with Crippen LogP contribution >= 0.6 is 0 Å². The van der Waals surface area contributed by atoms with Crippen molar-refractivity contribution in [2.24, 2.45) is 0 Å². The molecule has 3 rings (SSSR count). The van der Waals surface area contributed by atoms with E-state index in [1.54, 1.807) is 18.2 Å². The highest BCUT2D eigenvalue weighted by Crippen LogP contribution is 2.32. The highest BCUT2D eigenvalue weighted by molar-refractivity contribution is 6.25. The molecule has 2 heterocycles. The van der Waals surface area contributed by atoms with Gasteiger partial charge in [0, 0.05) is 25.2 Å². The molecule has 1 unspecified atom stereocenters. The molecular formula is C18H22N4O5. The molecule has 0 radical (unpaired) electrons. The first-order valence-corrected chi connectivity index (χ1v) is 8.94. The summed E-state index contributed by atoms with van der Waals surface area (Å²) in [5.41, 5.74) is 1.06. The fourth-order valence-electron chi connectivity index (χ4n) is 3.30. The summed E-state index contributed by atoms with van der Waals surface area (Å²) in [4.78, 5) is 50.0. The lowest BCUT2D eigenvalue weighted by Crippen LogP contribution is -2.54. The van der Waals surface area contributed by atoms with Crippen LogP contribution < -0.4 is 16.0 Å². The van der Waals surface area contributed by atoms with E-state index in [0.29, 0.717) is 25.3 Å². The van der Waals surface area contributed by atoms with E-state index in [1.165, 1.54) is 0 Å². The van der Waals surface area contributed by atoms with Crippen molar-refractivity contribution in [3.05, 3.63) is 29.3 Å². The zero-order valence-electron chi connectivity index (χ0n) is 14.8. The number of rotatable bonds is 8. The Morgan fingerprint density at radius 2 is 1.93 bits per heavy atom. The normalized spacial score (nSPS) is 19.3. The van der Waals surface area contributed by atoms with Crippen LogP contribution in [0, 0.1) is 0 Å². The highest BCUT2D eigenvalue weighted by Gasteiger charge is 2.45. The summed E-state index contributed by atoms with van der Waals surface area (Å²) in [5.74, 6) is -2.06. The largest absolute Gasteiger partial charge is 0.395 e. The number of carbonyl (C=O) groups is 4. The second-order valence-electron chi connectivity index (χ2n) is 6.43. The maximum absolute atomic E-state index is 12.9. The molecule has 0 saturated carbocycles. The number of nitrogens with zero attached hydrogens (tertiary/aromatic N) is 1. The molecule has 1 atom stereocenters. The first kappa shape index (κ1) is 19.0. The van der Waals surface area contributed by atoms with E-state index in [4.69, 9.17) is 5.11 Å². The van der Waals surface area contributed by atoms with Gasteiger partial charge in [-0.1, -0.05) is 6.07 Å². The fraction of sp³-hybridized carbons (Fsp3) is 0.444. The number of benzene rings is 1. The summed E-state index contributed by atoms with van der Waals surface area (Å²) in [6, 6.07) is 4.00. The van der Waals surface area contributed by atoms with Crippen LogP contribution in [0.2, 0.25) is 0 Å². The number of aliphatic hydroxyl groups excluding tert-OH is 1. The topological polar surface area (TPSA) is 128 Å². The zero-order valence-corrected chi connectivity index (χ0v) is 14.8. The average Bonchev–Trinajstić information content (AvgIpc) is 2.90. The lowest BCUT2D eigenvalue weighted by Gasteiger charge is -2.27. The second-order valence-corrected chi connectivity index (χ2v) is 6.43. The van der Waals surface area contributed by atoms with E-state index in [9.17, 15) is 19.2 Å². The number of imide groups is 2. The Labute approximate surface area is 156 Å². The van der Waals surface area contributed by atoms with Crippen LogP contribution in [0.1, 0.15) is 40.0 Å². The Morgan fingerprint density at radius 3 is 2.67 bits per heavy atom. The third-order valence-corrected chi connectivity index (χ3v) is 4.60. The van der Waals surface area contributed by atoms with E-state index in [0.717, 1.165) is 11.3 Å². The van der Waals surface area contributed by atoms with Crippen LogP contribution in [-0.4, -0.2) is 65.9 Å². The number of aliphatic hydroxyl groups is 1. The van der Waals surface area contributed by atoms with Crippen LogP contribution in [0.4, 0.5) is 5.69 Å². The van der Waals surface area contributed by atoms with Gasteiger partial charge in [0.25, 0.3) is 11.8 Å². The van der Waals surface area contributed by atoms with Gasteiger partial charge in [0.05, 0.1) is 17.7 Å². The molecule has 2 aliphatic rings. The third-order valence-electron chi connectivity index (χ3n) is 4.60. The van der Waals surface area contributed by atoms with E-state index < -0.39 is 29.7 Å². The van der Waals surface area contributed by atoms with Gasteiger partial charge in [-0.05, 0) is 31.5 Å². The number of anilines is 1. The van der Waals surface area contributed by atoms with Gasteiger partial charge in [0.1, 0.15) is 6.04 Å². The quantitative estimate of drug-likeness (QED) is 0.356. The van der Waals surface area contributed by atoms with Crippen molar-refractivity contribution in [1.29, 1.82) is 0 Å². The molecule has 144 valence electrons. The first-order chi connectivity index (χ1) is 13.0. The maximum atomic E-state index is 12.9. The van der Waals surface area contributed by atoms with E-state index in [1.807, 2.05) is 0 Å². The van der Waals surface area contributed by atoms with Crippen LogP contribution in [0.25, 0.3) is 0 Å². The summed E-state index contributed by atoms with van der Waals surface area (Å²) >= 11 is 0. The molecule has 9 heteroatoms. The predicted octanol–water partition coefficient (Wildman–Crippen LogP) is -0.528. The minimum Gasteiger partial charge on any atom is -0.395 e. The Morgan fingerprint density at radius 1 is 1.11 bits per heavy atom. The number of nitrogens with one attached hydrogen (secondary N) is 3. The van der Waals surface area contributed by atoms with Crippen molar-refractivity contribution in [2.45, 2.75) is 25.3 Å². The summed E-state index contributed by atoms with van der Waals surface area (Å²) < 4.78 is 0. The highest BCUT2D eigenvalue weighted by atomic mass is 16.3. The molecule has 4 amide bonds. The van der Waals surface area contributed by atoms with Gasteiger partial charge in [-0.25, -0.2) is 0 Å². The molecule has 0 spiro atoms. The smallest absolute Gasteiger partial charge is 0.264 e. The average molecular weight is 374 g/mol. The molecule has 0 aromatic heterocycles. The van der Waals surface area contributed by atoms with Gasteiger partial charge < -0.3 is 15.7 Å². The molecule has 1 fully saturated rings. The molecular weight excluding hydrogens is 352 g/mol. The van der Waals surface area contributed by atoms with Crippen LogP contribution in [0.3, 0.4) is 0 Å². The Balaban J connectivity index is 1.72. The van der Waals surface area contributed by atoms with Gasteiger partial charge in [0.2, 0.25) is 11.8 Å². The molecule has 1 saturated heterocycles. The molecule has 9 nitrogen and oxygen atoms in total. The number of carbonyl (C=O) groups excluding carboxylic acids is 4. The van der Waals surface area contributed by atoms with Gasteiger partial charge in [-0.3, -0.25) is 29.4 Å². The lowest BCUT2D eigenvalue weighted by atomic mass is 10.0. The fourth-order valence-corrected chi connectivity index (χ4v) is 3.30. The summed E-state index contributed by atoms with van der Waals surface area (Å²) in [6.07, 6.45) is 0.994. The predicted molar refractivity (Wildman–Crippen MR) is 96.2 cm³/mol. The summed E-state index contributed by atoms with van der Waals surface area (Å²) in [5, 5.41) is 17.1. The van der Waals surface area contributed by atoms with E-state index >= 15 is 0 Å². The second kappa shape index (κ2) is 8.28. The van der Waals surface area contributed by atoms with Crippen molar-refractivity contribution in [1.82, 2.24) is 15.5 Å². The van der Waals surface area contributed by atoms with Crippen molar-refractivity contribution in [3.63, 3.8) is 0 Å². The SMILES string of the molecule is O=C1CCC(N2C(=O)c3cccc(NCCCNCCO)c3C2=O)C(=O)N1. The van der Waals surface area contributed by atoms with Gasteiger partial charge >= 0.3 is 0 Å². The maximum Gasteiger partial charge on any atom is 0.264 e. The van der Waals surface area contributed by atoms with Crippen molar-refractivity contribution in [2.75, 3.05) is 31.6 Å². The number of amides is 4. The first-order valence-electron chi connectivity index (χ1n) is 8.94. The molecule has 2 aliphatic heterocycles. The van der Waals surface area contributed by atoms with Gasteiger partial charge in [-0.2, -0.15) is 0 Å². The zero-order chi connectivity index (χ0) is 19.4. The Hall–Kier alpha value is -2.78. The molecule has 1 aromatic carbocycles. The van der Waals surface area contributed by atoms with Crippen LogP contribution in [0.15, 0.2) is 18.2 Å². The Kier molecular flexibility index (Phi) is 5.82. The van der Waals surface area contributed by atoms with Crippen LogP contribution in [-0.2, 0) is 9.59 Å². The number of hydrogen-bond acceptors (Lipinski definition) is 7. The number of piperidine rings is 1. The number of hydrogen-bond donors (Lipinski definition) is 4. The standard InChI is InChI=1S/C18H22N4O5/c23-10-9-19-7-2-8-20-12-4-1-3-11-15(12)18(27)22(17(11)26)13-5-6-14(24)21-16(13)25/h1,3-4,13,19-20,23H,2,5-10H2,(H,21,24,25). The van der Waals surface area contributed by atoms with E-state index in [2.05, 4.69) is 16.0 Å². The van der Waals surface area contributed by atoms with Gasteiger partial charge in [0.15, 0.2) is 0 Å². The van der Waals surface area contributed by atoms with Crippen molar-refractivity contribution in [3.8, 4) is 0 Å².